The highest BCUT2D eigenvalue weighted by Gasteiger charge is 2.32. The highest BCUT2D eigenvalue weighted by atomic mass is 16.5. The maximum absolute atomic E-state index is 14.0. The van der Waals surface area contributed by atoms with E-state index in [0.29, 0.717) is 54.4 Å². The van der Waals surface area contributed by atoms with Crippen LogP contribution in [-0.4, -0.2) is 51.8 Å². The van der Waals surface area contributed by atoms with E-state index in [-0.39, 0.29) is 11.9 Å². The summed E-state index contributed by atoms with van der Waals surface area (Å²) in [5.74, 6) is 1.28. The maximum atomic E-state index is 14.0. The number of rotatable bonds is 8. The zero-order valence-corrected chi connectivity index (χ0v) is 22.5. The van der Waals surface area contributed by atoms with E-state index in [0.717, 1.165) is 28.1 Å². The number of fused-ring (bicyclic) bond motifs is 1. The van der Waals surface area contributed by atoms with Gasteiger partial charge in [0, 0.05) is 67.8 Å². The van der Waals surface area contributed by atoms with Gasteiger partial charge in [-0.05, 0) is 62.9 Å². The standard InChI is InChI=1S/C29H33N7O2/c1-6-38-27-13-26(34-16-22(27)14-30)19(3)36-9-7-23-24(28(31)18(2)15-32-5)11-21(12-25(23)29(36)37)17-35-10-8-33-20(35)4/h8,10-13,15-16,19H,6-7,9,17,31H2,1-5H3/t19-/m0/s1. The summed E-state index contributed by atoms with van der Waals surface area (Å²) in [6.07, 6.45) is 7.58. The number of imidazole rings is 1. The molecule has 3 heterocycles. The second-order valence-electron chi connectivity index (χ2n) is 9.33. The van der Waals surface area contributed by atoms with Crippen molar-refractivity contribution in [1.29, 1.82) is 5.26 Å². The van der Waals surface area contributed by atoms with Gasteiger partial charge in [-0.1, -0.05) is 0 Å². The summed E-state index contributed by atoms with van der Waals surface area (Å²) in [6.45, 7) is 9.20. The molecule has 3 aromatic rings. The molecule has 196 valence electrons. The second-order valence-corrected chi connectivity index (χ2v) is 9.33. The number of carbonyl (C=O) groups excluding carboxylic acids is 1. The van der Waals surface area contributed by atoms with Crippen LogP contribution in [0.15, 0.2) is 47.4 Å². The number of allylic oxidation sites excluding steroid dienone is 1. The lowest BCUT2D eigenvalue weighted by atomic mass is 9.88. The minimum atomic E-state index is -0.313. The van der Waals surface area contributed by atoms with Crippen LogP contribution >= 0.6 is 0 Å². The Bertz CT molecular complexity index is 1460. The van der Waals surface area contributed by atoms with E-state index in [4.69, 9.17) is 10.5 Å². The first-order valence-electron chi connectivity index (χ1n) is 12.6. The van der Waals surface area contributed by atoms with Crippen LogP contribution in [0.4, 0.5) is 0 Å². The summed E-state index contributed by atoms with van der Waals surface area (Å²) in [5.41, 5.74) is 12.5. The lowest BCUT2D eigenvalue weighted by Crippen LogP contribution is -2.40. The summed E-state index contributed by atoms with van der Waals surface area (Å²) >= 11 is 0. The zero-order chi connectivity index (χ0) is 27.4. The topological polar surface area (TPSA) is 122 Å². The molecule has 0 aliphatic carbocycles. The Hall–Kier alpha value is -4.45. The summed E-state index contributed by atoms with van der Waals surface area (Å²) in [5, 5.41) is 9.39. The fourth-order valence-corrected chi connectivity index (χ4v) is 4.82. The molecule has 9 heteroatoms. The lowest BCUT2D eigenvalue weighted by molar-refractivity contribution is 0.0668. The first kappa shape index (κ1) is 26.6. The number of hydrogen-bond donors (Lipinski definition) is 1. The molecule has 0 bridgehead atoms. The highest BCUT2D eigenvalue weighted by molar-refractivity contribution is 5.99. The van der Waals surface area contributed by atoms with Gasteiger partial charge in [-0.3, -0.25) is 14.8 Å². The lowest BCUT2D eigenvalue weighted by Gasteiger charge is -2.35. The molecule has 1 atom stereocenters. The van der Waals surface area contributed by atoms with Gasteiger partial charge in [-0.15, -0.1) is 0 Å². The van der Waals surface area contributed by atoms with Crippen LogP contribution < -0.4 is 10.5 Å². The molecular weight excluding hydrogens is 478 g/mol. The molecule has 38 heavy (non-hydrogen) atoms. The van der Waals surface area contributed by atoms with Gasteiger partial charge in [0.1, 0.15) is 23.2 Å². The number of hydrogen-bond acceptors (Lipinski definition) is 7. The quantitative estimate of drug-likeness (QED) is 0.455. The van der Waals surface area contributed by atoms with Crippen molar-refractivity contribution in [3.63, 3.8) is 0 Å². The number of aromatic nitrogens is 3. The Morgan fingerprint density at radius 2 is 2.13 bits per heavy atom. The number of aliphatic imine (C=N–C) groups is 1. The zero-order valence-electron chi connectivity index (χ0n) is 22.5. The van der Waals surface area contributed by atoms with Crippen molar-refractivity contribution >= 4 is 17.8 Å². The summed E-state index contributed by atoms with van der Waals surface area (Å²) in [6, 6.07) is 7.59. The molecule has 1 amide bonds. The number of ether oxygens (including phenoxy) is 1. The number of aryl methyl sites for hydroxylation is 1. The van der Waals surface area contributed by atoms with Gasteiger partial charge < -0.3 is 19.9 Å². The summed E-state index contributed by atoms with van der Waals surface area (Å²) < 4.78 is 7.68. The predicted molar refractivity (Wildman–Crippen MR) is 147 cm³/mol. The van der Waals surface area contributed by atoms with Gasteiger partial charge >= 0.3 is 0 Å². The van der Waals surface area contributed by atoms with E-state index in [1.54, 1.807) is 25.5 Å². The van der Waals surface area contributed by atoms with Crippen LogP contribution in [0, 0.1) is 18.3 Å². The number of carbonyl (C=O) groups is 1. The van der Waals surface area contributed by atoms with E-state index in [9.17, 15) is 10.1 Å². The number of nitriles is 1. The van der Waals surface area contributed by atoms with E-state index in [2.05, 4.69) is 27.1 Å². The Morgan fingerprint density at radius 3 is 2.79 bits per heavy atom. The number of nitrogens with two attached hydrogens (primary N) is 1. The van der Waals surface area contributed by atoms with Gasteiger partial charge in [0.15, 0.2) is 0 Å². The molecule has 0 saturated heterocycles. The second kappa shape index (κ2) is 11.3. The van der Waals surface area contributed by atoms with Gasteiger partial charge in [0.05, 0.1) is 18.3 Å². The van der Waals surface area contributed by atoms with Crippen molar-refractivity contribution in [1.82, 2.24) is 19.4 Å². The van der Waals surface area contributed by atoms with Gasteiger partial charge in [0.25, 0.3) is 5.91 Å². The maximum Gasteiger partial charge on any atom is 0.254 e. The predicted octanol–water partition coefficient (Wildman–Crippen LogP) is 4.06. The molecule has 0 spiro atoms. The fraction of sp³-hybridized carbons (Fsp3) is 0.345. The van der Waals surface area contributed by atoms with Crippen LogP contribution in [0.5, 0.6) is 5.75 Å². The molecule has 2 N–H and O–H groups in total. The number of nitrogens with zero attached hydrogens (tertiary/aromatic N) is 6. The van der Waals surface area contributed by atoms with E-state index in [1.165, 1.54) is 6.20 Å². The van der Waals surface area contributed by atoms with Crippen LogP contribution in [0.3, 0.4) is 0 Å². The fourth-order valence-electron chi connectivity index (χ4n) is 4.82. The van der Waals surface area contributed by atoms with Crippen molar-refractivity contribution in [2.45, 2.75) is 46.7 Å². The molecule has 0 fully saturated rings. The minimum absolute atomic E-state index is 0.0806. The minimum Gasteiger partial charge on any atom is -0.492 e. The molecule has 1 aliphatic rings. The Labute approximate surface area is 223 Å². The molecular formula is C29H33N7O2. The van der Waals surface area contributed by atoms with Crippen molar-refractivity contribution in [3.8, 4) is 11.8 Å². The number of amides is 1. The smallest absolute Gasteiger partial charge is 0.254 e. The van der Waals surface area contributed by atoms with Crippen LogP contribution in [0.2, 0.25) is 0 Å². The SMILES string of the molecule is CCOc1cc([C@H](C)N2CCc3c(cc(Cn4ccnc4C)cc3C(N)=C(C)C=NC)C2=O)ncc1C#N. The largest absolute Gasteiger partial charge is 0.492 e. The molecule has 0 saturated carbocycles. The first-order chi connectivity index (χ1) is 18.3. The summed E-state index contributed by atoms with van der Waals surface area (Å²) in [7, 11) is 1.71. The third kappa shape index (κ3) is 5.16. The third-order valence-corrected chi connectivity index (χ3v) is 6.92. The van der Waals surface area contributed by atoms with Crippen molar-refractivity contribution < 1.29 is 9.53 Å². The van der Waals surface area contributed by atoms with Gasteiger partial charge in [-0.25, -0.2) is 4.98 Å². The molecule has 9 nitrogen and oxygen atoms in total. The van der Waals surface area contributed by atoms with Gasteiger partial charge in [-0.2, -0.15) is 5.26 Å². The van der Waals surface area contributed by atoms with Crippen LogP contribution in [-0.2, 0) is 13.0 Å². The van der Waals surface area contributed by atoms with Crippen molar-refractivity contribution in [3.05, 3.63) is 81.7 Å². The molecule has 2 aromatic heterocycles. The molecule has 0 radical (unpaired) electrons. The number of pyridine rings is 1. The average Bonchev–Trinajstić information content (AvgIpc) is 3.32. The molecule has 1 aliphatic heterocycles. The number of benzene rings is 1. The van der Waals surface area contributed by atoms with Gasteiger partial charge in [0.2, 0.25) is 0 Å². The molecule has 4 rings (SSSR count). The average molecular weight is 512 g/mol. The Balaban J connectivity index is 1.77. The normalized spacial score (nSPS) is 14.7. The van der Waals surface area contributed by atoms with E-state index >= 15 is 0 Å². The van der Waals surface area contributed by atoms with E-state index < -0.39 is 0 Å². The first-order valence-corrected chi connectivity index (χ1v) is 12.6. The van der Waals surface area contributed by atoms with Crippen molar-refractivity contribution in [2.75, 3.05) is 20.2 Å². The highest BCUT2D eigenvalue weighted by Crippen LogP contribution is 2.33. The summed E-state index contributed by atoms with van der Waals surface area (Å²) in [4.78, 5) is 28.7. The Morgan fingerprint density at radius 1 is 1.34 bits per heavy atom. The van der Waals surface area contributed by atoms with Crippen LogP contribution in [0.1, 0.15) is 70.9 Å². The molecule has 0 unspecified atom stereocenters. The molecule has 1 aromatic carbocycles. The monoisotopic (exact) mass is 511 g/mol. The Kier molecular flexibility index (Phi) is 7.91. The van der Waals surface area contributed by atoms with Crippen molar-refractivity contribution in [2.24, 2.45) is 10.7 Å². The van der Waals surface area contributed by atoms with E-state index in [1.807, 2.05) is 49.4 Å². The van der Waals surface area contributed by atoms with Crippen LogP contribution in [0.25, 0.3) is 5.70 Å². The third-order valence-electron chi connectivity index (χ3n) is 6.92.